The van der Waals surface area contributed by atoms with Crippen molar-refractivity contribution in [2.75, 3.05) is 11.9 Å². The summed E-state index contributed by atoms with van der Waals surface area (Å²) in [7, 11) is 0. The van der Waals surface area contributed by atoms with E-state index >= 15 is 0 Å². The maximum atomic E-state index is 12.4. The third-order valence-corrected chi connectivity index (χ3v) is 4.96. The highest BCUT2D eigenvalue weighted by atomic mass is 32.2. The number of amides is 4. The standard InChI is InChI=1S/C19H19N3O3S/c1-19(2)17(24)22(18(25)21-19)12-16(23)20-14-10-6-7-11-15(14)26-13-8-4-3-5-9-13/h3-11H,12H2,1-2H3,(H,20,23)(H,21,25). The number of benzene rings is 2. The van der Waals surface area contributed by atoms with Crippen molar-refractivity contribution in [1.29, 1.82) is 0 Å². The highest BCUT2D eigenvalue weighted by Gasteiger charge is 2.44. The molecule has 1 fully saturated rings. The van der Waals surface area contributed by atoms with E-state index in [9.17, 15) is 14.4 Å². The second-order valence-corrected chi connectivity index (χ2v) is 7.52. The van der Waals surface area contributed by atoms with Crippen molar-refractivity contribution in [2.24, 2.45) is 0 Å². The number of anilines is 1. The van der Waals surface area contributed by atoms with Gasteiger partial charge in [-0.1, -0.05) is 42.1 Å². The summed E-state index contributed by atoms with van der Waals surface area (Å²) in [6.45, 7) is 2.90. The SMILES string of the molecule is CC1(C)NC(=O)N(CC(=O)Nc2ccccc2Sc2ccccc2)C1=O. The molecule has 2 aromatic carbocycles. The Morgan fingerprint density at radius 1 is 1.08 bits per heavy atom. The van der Waals surface area contributed by atoms with Crippen LogP contribution in [0, 0.1) is 0 Å². The van der Waals surface area contributed by atoms with Gasteiger partial charge in [0.2, 0.25) is 5.91 Å². The van der Waals surface area contributed by atoms with E-state index in [4.69, 9.17) is 0 Å². The minimum Gasteiger partial charge on any atom is -0.324 e. The summed E-state index contributed by atoms with van der Waals surface area (Å²) in [6.07, 6.45) is 0. The van der Waals surface area contributed by atoms with Crippen LogP contribution in [0.4, 0.5) is 10.5 Å². The van der Waals surface area contributed by atoms with E-state index in [1.54, 1.807) is 19.9 Å². The summed E-state index contributed by atoms with van der Waals surface area (Å²) in [4.78, 5) is 39.3. The molecule has 0 saturated carbocycles. The Balaban J connectivity index is 1.70. The van der Waals surface area contributed by atoms with Crippen molar-refractivity contribution in [3.63, 3.8) is 0 Å². The van der Waals surface area contributed by atoms with Gasteiger partial charge in [0, 0.05) is 9.79 Å². The van der Waals surface area contributed by atoms with E-state index < -0.39 is 23.4 Å². The van der Waals surface area contributed by atoms with Crippen molar-refractivity contribution in [2.45, 2.75) is 29.2 Å². The van der Waals surface area contributed by atoms with Crippen molar-refractivity contribution >= 4 is 35.3 Å². The summed E-state index contributed by atoms with van der Waals surface area (Å²) in [5, 5.41) is 5.35. The second-order valence-electron chi connectivity index (χ2n) is 6.41. The van der Waals surface area contributed by atoms with E-state index in [1.165, 1.54) is 11.8 Å². The largest absolute Gasteiger partial charge is 0.325 e. The molecule has 0 atom stereocenters. The molecule has 0 aliphatic carbocycles. The Morgan fingerprint density at radius 3 is 2.38 bits per heavy atom. The fraction of sp³-hybridized carbons (Fsp3) is 0.211. The number of hydrogen-bond acceptors (Lipinski definition) is 4. The van der Waals surface area contributed by atoms with Gasteiger partial charge >= 0.3 is 6.03 Å². The lowest BCUT2D eigenvalue weighted by Gasteiger charge is -2.16. The highest BCUT2D eigenvalue weighted by Crippen LogP contribution is 2.33. The smallest absolute Gasteiger partial charge is 0.324 e. The Hall–Kier alpha value is -2.80. The molecule has 1 aliphatic heterocycles. The number of carbonyl (C=O) groups is 3. The molecular weight excluding hydrogens is 350 g/mol. The quantitative estimate of drug-likeness (QED) is 0.794. The van der Waals surface area contributed by atoms with Crippen LogP contribution in [0.3, 0.4) is 0 Å². The molecule has 2 N–H and O–H groups in total. The zero-order valence-corrected chi connectivity index (χ0v) is 15.3. The number of imide groups is 1. The summed E-state index contributed by atoms with van der Waals surface area (Å²) in [5.74, 6) is -0.836. The number of para-hydroxylation sites is 1. The average Bonchev–Trinajstić information content (AvgIpc) is 2.79. The average molecular weight is 369 g/mol. The van der Waals surface area contributed by atoms with Gasteiger partial charge in [-0.2, -0.15) is 0 Å². The Labute approximate surface area is 156 Å². The Morgan fingerprint density at radius 2 is 1.73 bits per heavy atom. The van der Waals surface area contributed by atoms with Gasteiger partial charge in [-0.15, -0.1) is 0 Å². The number of urea groups is 1. The third kappa shape index (κ3) is 3.88. The molecule has 0 bridgehead atoms. The van der Waals surface area contributed by atoms with Crippen LogP contribution >= 0.6 is 11.8 Å². The minimum atomic E-state index is -0.988. The summed E-state index contributed by atoms with van der Waals surface area (Å²) < 4.78 is 0. The molecule has 1 heterocycles. The molecule has 0 radical (unpaired) electrons. The summed E-state index contributed by atoms with van der Waals surface area (Å²) in [5.41, 5.74) is -0.351. The molecule has 26 heavy (non-hydrogen) atoms. The zero-order chi connectivity index (χ0) is 18.7. The fourth-order valence-electron chi connectivity index (χ4n) is 2.57. The molecule has 7 heteroatoms. The monoisotopic (exact) mass is 369 g/mol. The number of hydrogen-bond donors (Lipinski definition) is 2. The van der Waals surface area contributed by atoms with E-state index in [2.05, 4.69) is 10.6 Å². The number of rotatable bonds is 5. The Kier molecular flexibility index (Phi) is 4.99. The van der Waals surface area contributed by atoms with Gasteiger partial charge in [0.05, 0.1) is 5.69 Å². The predicted molar refractivity (Wildman–Crippen MR) is 100.0 cm³/mol. The molecule has 2 aromatic rings. The molecule has 1 saturated heterocycles. The summed E-state index contributed by atoms with van der Waals surface area (Å²) >= 11 is 1.53. The second kappa shape index (κ2) is 7.21. The summed E-state index contributed by atoms with van der Waals surface area (Å²) in [6, 6.07) is 16.7. The van der Waals surface area contributed by atoms with Gasteiger partial charge in [0.15, 0.2) is 0 Å². The number of nitrogens with zero attached hydrogens (tertiary/aromatic N) is 1. The highest BCUT2D eigenvalue weighted by molar-refractivity contribution is 7.99. The van der Waals surface area contributed by atoms with Gasteiger partial charge in [-0.25, -0.2) is 4.79 Å². The van der Waals surface area contributed by atoms with Gasteiger partial charge in [-0.3, -0.25) is 14.5 Å². The maximum absolute atomic E-state index is 12.4. The molecular formula is C19H19N3O3S. The van der Waals surface area contributed by atoms with Crippen molar-refractivity contribution in [3.05, 3.63) is 54.6 Å². The number of nitrogens with one attached hydrogen (secondary N) is 2. The molecule has 3 rings (SSSR count). The molecule has 0 unspecified atom stereocenters. The predicted octanol–water partition coefficient (Wildman–Crippen LogP) is 3.11. The first-order valence-electron chi connectivity index (χ1n) is 8.13. The lowest BCUT2D eigenvalue weighted by atomic mass is 10.1. The van der Waals surface area contributed by atoms with Gasteiger partial charge in [0.1, 0.15) is 12.1 Å². The fourth-order valence-corrected chi connectivity index (χ4v) is 3.49. The molecule has 0 spiro atoms. The van der Waals surface area contributed by atoms with Crippen LogP contribution in [-0.4, -0.2) is 34.8 Å². The van der Waals surface area contributed by atoms with Crippen LogP contribution in [0.2, 0.25) is 0 Å². The van der Waals surface area contributed by atoms with Gasteiger partial charge < -0.3 is 10.6 Å². The van der Waals surface area contributed by atoms with Crippen LogP contribution in [-0.2, 0) is 9.59 Å². The van der Waals surface area contributed by atoms with Crippen LogP contribution in [0.25, 0.3) is 0 Å². The lowest BCUT2D eigenvalue weighted by Crippen LogP contribution is -2.41. The first kappa shape index (κ1) is 18.0. The zero-order valence-electron chi connectivity index (χ0n) is 14.5. The maximum Gasteiger partial charge on any atom is 0.325 e. The third-order valence-electron chi connectivity index (χ3n) is 3.88. The van der Waals surface area contributed by atoms with Crippen molar-refractivity contribution < 1.29 is 14.4 Å². The Bertz CT molecular complexity index is 852. The van der Waals surface area contributed by atoms with Crippen LogP contribution in [0.5, 0.6) is 0 Å². The van der Waals surface area contributed by atoms with Gasteiger partial charge in [0.25, 0.3) is 5.91 Å². The number of carbonyl (C=O) groups excluding carboxylic acids is 3. The van der Waals surface area contributed by atoms with Crippen molar-refractivity contribution in [1.82, 2.24) is 10.2 Å². The van der Waals surface area contributed by atoms with Crippen LogP contribution in [0.1, 0.15) is 13.8 Å². The first-order chi connectivity index (χ1) is 12.4. The molecule has 0 aromatic heterocycles. The molecule has 6 nitrogen and oxygen atoms in total. The molecule has 1 aliphatic rings. The first-order valence-corrected chi connectivity index (χ1v) is 8.94. The normalized spacial score (nSPS) is 15.7. The van der Waals surface area contributed by atoms with E-state index in [-0.39, 0.29) is 6.54 Å². The topological polar surface area (TPSA) is 78.5 Å². The van der Waals surface area contributed by atoms with E-state index in [0.717, 1.165) is 14.7 Å². The minimum absolute atomic E-state index is 0.321. The van der Waals surface area contributed by atoms with Crippen molar-refractivity contribution in [3.8, 4) is 0 Å². The molecule has 4 amide bonds. The van der Waals surface area contributed by atoms with E-state index in [0.29, 0.717) is 5.69 Å². The molecule has 134 valence electrons. The van der Waals surface area contributed by atoms with Gasteiger partial charge in [-0.05, 0) is 38.1 Å². The lowest BCUT2D eigenvalue weighted by molar-refractivity contribution is -0.132. The van der Waals surface area contributed by atoms with Crippen LogP contribution in [0.15, 0.2) is 64.4 Å². The van der Waals surface area contributed by atoms with E-state index in [1.807, 2.05) is 48.5 Å². The van der Waals surface area contributed by atoms with Crippen LogP contribution < -0.4 is 10.6 Å².